The van der Waals surface area contributed by atoms with Gasteiger partial charge < -0.3 is 15.4 Å². The maximum Gasteiger partial charge on any atom is 0.277 e. The fourth-order valence-corrected chi connectivity index (χ4v) is 3.53. The molecule has 0 saturated heterocycles. The summed E-state index contributed by atoms with van der Waals surface area (Å²) in [5.74, 6) is 0.909. The summed E-state index contributed by atoms with van der Waals surface area (Å²) < 4.78 is 8.71. The van der Waals surface area contributed by atoms with Crippen LogP contribution >= 0.6 is 0 Å². The van der Waals surface area contributed by atoms with Crippen LogP contribution in [-0.2, 0) is 11.8 Å². The first-order valence-corrected chi connectivity index (χ1v) is 9.90. The molecule has 4 aromatic rings. The number of pyridine rings is 1. The number of carbonyl (C=O) groups is 1. The Hall–Kier alpha value is -4.08. The van der Waals surface area contributed by atoms with Crippen LogP contribution in [0.5, 0.6) is 5.75 Å². The van der Waals surface area contributed by atoms with Crippen molar-refractivity contribution in [3.05, 3.63) is 53.1 Å². The van der Waals surface area contributed by atoms with Crippen LogP contribution in [0.1, 0.15) is 12.8 Å². The number of hydrogen-bond acceptors (Lipinski definition) is 6. The molecule has 1 aliphatic carbocycles. The van der Waals surface area contributed by atoms with E-state index in [1.807, 2.05) is 30.5 Å². The summed E-state index contributed by atoms with van der Waals surface area (Å²) in [6, 6.07) is 9.08. The molecule has 0 unspecified atom stereocenters. The predicted molar refractivity (Wildman–Crippen MR) is 116 cm³/mol. The van der Waals surface area contributed by atoms with Gasteiger partial charge in [-0.2, -0.15) is 5.10 Å². The Morgan fingerprint density at radius 1 is 1.26 bits per heavy atom. The van der Waals surface area contributed by atoms with Gasteiger partial charge in [-0.25, -0.2) is 9.67 Å². The Morgan fingerprint density at radius 3 is 2.81 bits per heavy atom. The molecule has 1 fully saturated rings. The number of methoxy groups -OCH3 is 1. The minimum absolute atomic E-state index is 0.0366. The second kappa shape index (κ2) is 7.31. The third kappa shape index (κ3) is 3.41. The molecule has 158 valence electrons. The molecule has 31 heavy (non-hydrogen) atoms. The summed E-state index contributed by atoms with van der Waals surface area (Å²) in [6.07, 6.45) is 5.28. The number of fused-ring (bicyclic) bond motifs is 1. The SMILES string of the molecule is COc1c(Nc2cc(NC(=O)C3CC3)nc3[nH]n(C)c(=O)c23)cccc1-n1cccn1. The number of benzene rings is 1. The Bertz CT molecular complexity index is 1330. The van der Waals surface area contributed by atoms with Crippen LogP contribution in [0, 0.1) is 5.92 Å². The highest BCUT2D eigenvalue weighted by molar-refractivity contribution is 5.98. The highest BCUT2D eigenvalue weighted by Gasteiger charge is 2.30. The molecule has 3 heterocycles. The van der Waals surface area contributed by atoms with Crippen molar-refractivity contribution in [1.82, 2.24) is 24.5 Å². The predicted octanol–water partition coefficient (Wildman–Crippen LogP) is 2.55. The van der Waals surface area contributed by atoms with Crippen LogP contribution in [0.25, 0.3) is 16.7 Å². The normalized spacial score (nSPS) is 13.4. The van der Waals surface area contributed by atoms with E-state index in [-0.39, 0.29) is 17.4 Å². The van der Waals surface area contributed by atoms with Crippen LogP contribution < -0.4 is 20.9 Å². The lowest BCUT2D eigenvalue weighted by atomic mass is 10.2. The van der Waals surface area contributed by atoms with Crippen molar-refractivity contribution in [3.63, 3.8) is 0 Å². The summed E-state index contributed by atoms with van der Waals surface area (Å²) in [4.78, 5) is 29.4. The standard InChI is InChI=1S/C21H21N7O3/c1-27-21(30)17-14(11-16(24-19(17)26-27)25-20(29)12-7-8-12)23-13-5-3-6-15(18(13)31-2)28-10-4-9-22-28/h3-6,9-12H,7-8H2,1-2H3,(H3,23,24,25,26,29). The maximum atomic E-state index is 12.7. The maximum absolute atomic E-state index is 12.7. The second-order valence-corrected chi connectivity index (χ2v) is 7.45. The molecule has 1 amide bonds. The van der Waals surface area contributed by atoms with Crippen molar-refractivity contribution < 1.29 is 9.53 Å². The van der Waals surface area contributed by atoms with E-state index >= 15 is 0 Å². The lowest BCUT2D eigenvalue weighted by Gasteiger charge is -2.16. The topological polar surface area (TPSA) is 119 Å². The summed E-state index contributed by atoms with van der Waals surface area (Å²) in [5.41, 5.74) is 2.05. The van der Waals surface area contributed by atoms with Crippen molar-refractivity contribution in [3.8, 4) is 11.4 Å². The summed E-state index contributed by atoms with van der Waals surface area (Å²) in [6.45, 7) is 0. The number of amides is 1. The zero-order valence-corrected chi connectivity index (χ0v) is 17.0. The Morgan fingerprint density at radius 2 is 2.10 bits per heavy atom. The largest absolute Gasteiger partial charge is 0.492 e. The third-order valence-electron chi connectivity index (χ3n) is 5.23. The number of aromatic nitrogens is 5. The van der Waals surface area contributed by atoms with Crippen molar-refractivity contribution in [1.29, 1.82) is 0 Å². The number of aromatic amines is 1. The average molecular weight is 419 g/mol. The van der Waals surface area contributed by atoms with E-state index in [9.17, 15) is 9.59 Å². The van der Waals surface area contributed by atoms with E-state index in [0.717, 1.165) is 18.5 Å². The molecule has 1 aromatic carbocycles. The Kier molecular flexibility index (Phi) is 4.46. The van der Waals surface area contributed by atoms with Crippen LogP contribution in [0.3, 0.4) is 0 Å². The van der Waals surface area contributed by atoms with Crippen molar-refractivity contribution in [2.24, 2.45) is 13.0 Å². The third-order valence-corrected chi connectivity index (χ3v) is 5.23. The monoisotopic (exact) mass is 419 g/mol. The second-order valence-electron chi connectivity index (χ2n) is 7.45. The molecule has 0 atom stereocenters. The van der Waals surface area contributed by atoms with Gasteiger partial charge in [0.15, 0.2) is 11.4 Å². The van der Waals surface area contributed by atoms with Gasteiger partial charge in [0, 0.05) is 31.4 Å². The van der Waals surface area contributed by atoms with E-state index in [1.54, 1.807) is 31.1 Å². The number of nitrogens with zero attached hydrogens (tertiary/aromatic N) is 4. The minimum Gasteiger partial charge on any atom is -0.492 e. The van der Waals surface area contributed by atoms with E-state index in [1.165, 1.54) is 4.68 Å². The van der Waals surface area contributed by atoms with Crippen molar-refractivity contribution >= 4 is 34.1 Å². The molecule has 0 radical (unpaired) electrons. The molecular weight excluding hydrogens is 398 g/mol. The minimum atomic E-state index is -0.229. The zero-order chi connectivity index (χ0) is 21.5. The lowest BCUT2D eigenvalue weighted by molar-refractivity contribution is -0.117. The fraction of sp³-hybridized carbons (Fsp3) is 0.238. The first-order valence-electron chi connectivity index (χ1n) is 9.90. The molecule has 3 N–H and O–H groups in total. The van der Waals surface area contributed by atoms with Crippen molar-refractivity contribution in [2.45, 2.75) is 12.8 Å². The van der Waals surface area contributed by atoms with Gasteiger partial charge in [-0.15, -0.1) is 0 Å². The molecule has 10 nitrogen and oxygen atoms in total. The van der Waals surface area contributed by atoms with Crippen LogP contribution in [0.4, 0.5) is 17.2 Å². The molecule has 0 spiro atoms. The number of aryl methyl sites for hydroxylation is 1. The number of anilines is 3. The van der Waals surface area contributed by atoms with E-state index in [2.05, 4.69) is 25.8 Å². The number of rotatable bonds is 6. The molecule has 1 saturated carbocycles. The quantitative estimate of drug-likeness (QED) is 0.442. The van der Waals surface area contributed by atoms with Crippen LogP contribution in [0.2, 0.25) is 0 Å². The van der Waals surface area contributed by atoms with Gasteiger partial charge in [0.2, 0.25) is 5.91 Å². The van der Waals surface area contributed by atoms with E-state index in [0.29, 0.717) is 34.0 Å². The van der Waals surface area contributed by atoms with Gasteiger partial charge in [0.1, 0.15) is 16.9 Å². The molecule has 3 aromatic heterocycles. The number of H-pyrrole nitrogens is 1. The molecular formula is C21H21N7O3. The number of para-hydroxylation sites is 1. The van der Waals surface area contributed by atoms with E-state index in [4.69, 9.17) is 4.74 Å². The number of carbonyl (C=O) groups excluding carboxylic acids is 1. The van der Waals surface area contributed by atoms with Gasteiger partial charge in [-0.3, -0.25) is 19.4 Å². The lowest BCUT2D eigenvalue weighted by Crippen LogP contribution is -2.15. The highest BCUT2D eigenvalue weighted by atomic mass is 16.5. The van der Waals surface area contributed by atoms with Gasteiger partial charge in [0.05, 0.1) is 18.5 Å². The average Bonchev–Trinajstić information content (AvgIpc) is 3.39. The number of nitrogens with one attached hydrogen (secondary N) is 3. The van der Waals surface area contributed by atoms with Crippen LogP contribution in [0.15, 0.2) is 47.5 Å². The molecule has 5 rings (SSSR count). The van der Waals surface area contributed by atoms with Gasteiger partial charge in [-0.05, 0) is 31.0 Å². The first kappa shape index (κ1) is 18.9. The number of hydrogen-bond donors (Lipinski definition) is 3. The van der Waals surface area contributed by atoms with Gasteiger partial charge in [-0.1, -0.05) is 6.07 Å². The smallest absolute Gasteiger partial charge is 0.277 e. The number of ether oxygens (including phenoxy) is 1. The Labute approximate surface area is 176 Å². The molecule has 0 bridgehead atoms. The molecule has 1 aliphatic rings. The fourth-order valence-electron chi connectivity index (χ4n) is 3.53. The van der Waals surface area contributed by atoms with Crippen molar-refractivity contribution in [2.75, 3.05) is 17.7 Å². The summed E-state index contributed by atoms with van der Waals surface area (Å²) in [5, 5.41) is 13.7. The van der Waals surface area contributed by atoms with Gasteiger partial charge >= 0.3 is 0 Å². The molecule has 10 heteroatoms. The molecule has 0 aliphatic heterocycles. The van der Waals surface area contributed by atoms with E-state index < -0.39 is 0 Å². The van der Waals surface area contributed by atoms with Crippen LogP contribution in [-0.4, -0.2) is 37.6 Å². The zero-order valence-electron chi connectivity index (χ0n) is 17.0. The summed E-state index contributed by atoms with van der Waals surface area (Å²) in [7, 11) is 3.20. The Balaban J connectivity index is 1.60. The summed E-state index contributed by atoms with van der Waals surface area (Å²) >= 11 is 0. The highest BCUT2D eigenvalue weighted by Crippen LogP contribution is 2.36. The van der Waals surface area contributed by atoms with Gasteiger partial charge in [0.25, 0.3) is 5.56 Å². The first-order chi connectivity index (χ1) is 15.0.